The number of carbonyl (C=O) groups is 1. The second-order valence-electron chi connectivity index (χ2n) is 7.39. The molecule has 2 amide bonds. The summed E-state index contributed by atoms with van der Waals surface area (Å²) in [6.07, 6.45) is -4.61. The van der Waals surface area contributed by atoms with Crippen LogP contribution in [-0.2, 0) is 6.18 Å². The van der Waals surface area contributed by atoms with Crippen LogP contribution in [0.25, 0.3) is 0 Å². The SMILES string of the molecule is C[C@@H]1CN(c2ccc(C#N)c(C(F)(F)F)c2)[C@@H](C)CN1C(=O)Nc1ccc(N)cc1. The van der Waals surface area contributed by atoms with Crippen molar-refractivity contribution in [2.45, 2.75) is 32.1 Å². The molecular weight excluding hydrogens is 395 g/mol. The quantitative estimate of drug-likeness (QED) is 0.714. The van der Waals surface area contributed by atoms with Gasteiger partial charge in [0.1, 0.15) is 0 Å². The topological polar surface area (TPSA) is 85.4 Å². The number of nitrogens with one attached hydrogen (secondary N) is 1. The Morgan fingerprint density at radius 2 is 1.80 bits per heavy atom. The summed E-state index contributed by atoms with van der Waals surface area (Å²) >= 11 is 0. The van der Waals surface area contributed by atoms with Crippen molar-refractivity contribution in [1.29, 1.82) is 5.26 Å². The van der Waals surface area contributed by atoms with Crippen molar-refractivity contribution < 1.29 is 18.0 Å². The van der Waals surface area contributed by atoms with E-state index in [0.717, 1.165) is 6.07 Å². The van der Waals surface area contributed by atoms with E-state index in [2.05, 4.69) is 5.32 Å². The van der Waals surface area contributed by atoms with E-state index in [0.29, 0.717) is 30.2 Å². The summed E-state index contributed by atoms with van der Waals surface area (Å²) in [6.45, 7) is 4.39. The van der Waals surface area contributed by atoms with Gasteiger partial charge in [0.2, 0.25) is 0 Å². The third-order valence-corrected chi connectivity index (χ3v) is 5.17. The van der Waals surface area contributed by atoms with Crippen molar-refractivity contribution in [2.24, 2.45) is 0 Å². The van der Waals surface area contributed by atoms with Crippen LogP contribution in [0.3, 0.4) is 0 Å². The van der Waals surface area contributed by atoms with Gasteiger partial charge in [-0.1, -0.05) is 0 Å². The maximum atomic E-state index is 13.3. The Bertz CT molecular complexity index is 968. The van der Waals surface area contributed by atoms with Gasteiger partial charge < -0.3 is 20.9 Å². The Morgan fingerprint density at radius 3 is 2.40 bits per heavy atom. The van der Waals surface area contributed by atoms with Crippen molar-refractivity contribution in [3.8, 4) is 6.07 Å². The van der Waals surface area contributed by atoms with Gasteiger partial charge in [0.05, 0.1) is 17.2 Å². The van der Waals surface area contributed by atoms with Crippen molar-refractivity contribution in [3.63, 3.8) is 0 Å². The van der Waals surface area contributed by atoms with E-state index in [-0.39, 0.29) is 18.1 Å². The van der Waals surface area contributed by atoms with Gasteiger partial charge in [-0.2, -0.15) is 18.4 Å². The van der Waals surface area contributed by atoms with E-state index in [4.69, 9.17) is 11.0 Å². The molecule has 158 valence electrons. The Balaban J connectivity index is 1.77. The molecule has 0 saturated carbocycles. The molecule has 6 nitrogen and oxygen atoms in total. The minimum Gasteiger partial charge on any atom is -0.399 e. The van der Waals surface area contributed by atoms with Gasteiger partial charge in [-0.3, -0.25) is 0 Å². The average molecular weight is 417 g/mol. The number of nitrogen functional groups attached to an aromatic ring is 1. The zero-order chi connectivity index (χ0) is 22.1. The Labute approximate surface area is 172 Å². The number of halogens is 3. The lowest BCUT2D eigenvalue weighted by molar-refractivity contribution is -0.137. The van der Waals surface area contributed by atoms with Gasteiger partial charge in [-0.15, -0.1) is 0 Å². The molecular formula is C21H22F3N5O. The van der Waals surface area contributed by atoms with E-state index < -0.39 is 17.3 Å². The summed E-state index contributed by atoms with van der Waals surface area (Å²) in [6, 6.07) is 11.3. The molecule has 2 atom stereocenters. The van der Waals surface area contributed by atoms with Gasteiger partial charge in [-0.25, -0.2) is 4.79 Å². The summed E-state index contributed by atoms with van der Waals surface area (Å²) in [5.41, 5.74) is 5.86. The van der Waals surface area contributed by atoms with Gasteiger partial charge in [0.15, 0.2) is 0 Å². The van der Waals surface area contributed by atoms with Crippen LogP contribution in [0.2, 0.25) is 0 Å². The first-order valence-corrected chi connectivity index (χ1v) is 9.41. The van der Waals surface area contributed by atoms with E-state index in [1.165, 1.54) is 12.1 Å². The van der Waals surface area contributed by atoms with E-state index in [9.17, 15) is 18.0 Å². The average Bonchev–Trinajstić information content (AvgIpc) is 2.70. The second kappa shape index (κ2) is 8.14. The summed E-state index contributed by atoms with van der Waals surface area (Å²) in [4.78, 5) is 16.2. The fraction of sp³-hybridized carbons (Fsp3) is 0.333. The minimum absolute atomic E-state index is 0.215. The highest BCUT2D eigenvalue weighted by Gasteiger charge is 2.36. The van der Waals surface area contributed by atoms with E-state index in [1.54, 1.807) is 35.2 Å². The molecule has 0 aliphatic carbocycles. The molecule has 3 N–H and O–H groups in total. The van der Waals surface area contributed by atoms with Crippen LogP contribution in [-0.4, -0.2) is 36.1 Å². The number of hydrogen-bond donors (Lipinski definition) is 2. The molecule has 1 fully saturated rings. The third kappa shape index (κ3) is 4.43. The number of nitrogens with two attached hydrogens (primary N) is 1. The molecule has 1 heterocycles. The number of rotatable bonds is 2. The second-order valence-corrected chi connectivity index (χ2v) is 7.39. The van der Waals surface area contributed by atoms with Gasteiger partial charge in [0, 0.05) is 42.2 Å². The number of carbonyl (C=O) groups excluding carboxylic acids is 1. The van der Waals surface area contributed by atoms with Gasteiger partial charge in [-0.05, 0) is 56.3 Å². The monoisotopic (exact) mass is 417 g/mol. The molecule has 3 rings (SSSR count). The van der Waals surface area contributed by atoms with Crippen LogP contribution in [0, 0.1) is 11.3 Å². The van der Waals surface area contributed by atoms with E-state index in [1.807, 2.05) is 18.7 Å². The number of urea groups is 1. The number of nitriles is 1. The van der Waals surface area contributed by atoms with Gasteiger partial charge >= 0.3 is 12.2 Å². The molecule has 1 saturated heterocycles. The van der Waals surface area contributed by atoms with Crippen molar-refractivity contribution >= 4 is 23.1 Å². The Kier molecular flexibility index (Phi) is 5.78. The summed E-state index contributed by atoms with van der Waals surface area (Å²) in [7, 11) is 0. The molecule has 2 aromatic rings. The van der Waals surface area contributed by atoms with Crippen molar-refractivity contribution in [3.05, 3.63) is 53.6 Å². The summed E-state index contributed by atoms with van der Waals surface area (Å²) < 4.78 is 40.0. The molecule has 0 spiro atoms. The molecule has 1 aliphatic rings. The smallest absolute Gasteiger partial charge is 0.399 e. The molecule has 0 bridgehead atoms. The highest BCUT2D eigenvalue weighted by molar-refractivity contribution is 5.90. The first kappa shape index (κ1) is 21.3. The van der Waals surface area contributed by atoms with Crippen LogP contribution in [0.5, 0.6) is 0 Å². The highest BCUT2D eigenvalue weighted by Crippen LogP contribution is 2.35. The predicted molar refractivity (Wildman–Crippen MR) is 109 cm³/mol. The largest absolute Gasteiger partial charge is 0.417 e. The van der Waals surface area contributed by atoms with Crippen LogP contribution in [0.1, 0.15) is 25.0 Å². The number of piperazine rings is 1. The molecule has 2 aromatic carbocycles. The number of alkyl halides is 3. The fourth-order valence-corrected chi connectivity index (χ4v) is 3.57. The summed E-state index contributed by atoms with van der Waals surface area (Å²) in [5, 5.41) is 11.8. The Morgan fingerprint density at radius 1 is 1.13 bits per heavy atom. The van der Waals surface area contributed by atoms with E-state index >= 15 is 0 Å². The molecule has 9 heteroatoms. The number of hydrogen-bond acceptors (Lipinski definition) is 4. The fourth-order valence-electron chi connectivity index (χ4n) is 3.57. The molecule has 1 aliphatic heterocycles. The predicted octanol–water partition coefficient (Wildman–Crippen LogP) is 4.29. The van der Waals surface area contributed by atoms with Crippen LogP contribution in [0.15, 0.2) is 42.5 Å². The van der Waals surface area contributed by atoms with Crippen molar-refractivity contribution in [1.82, 2.24) is 4.90 Å². The minimum atomic E-state index is -4.61. The third-order valence-electron chi connectivity index (χ3n) is 5.17. The zero-order valence-electron chi connectivity index (χ0n) is 16.6. The standard InChI is InChI=1S/C21H22F3N5O/c1-13-12-29(20(30)27-17-6-4-16(26)5-7-17)14(2)11-28(13)18-8-3-15(10-25)19(9-18)21(22,23)24/h3-9,13-14H,11-12,26H2,1-2H3,(H,27,30)/t13-,14+/m0/s1. The normalized spacial score (nSPS) is 19.3. The maximum Gasteiger partial charge on any atom is 0.417 e. The lowest BCUT2D eigenvalue weighted by Crippen LogP contribution is -2.59. The molecule has 0 radical (unpaired) electrons. The first-order valence-electron chi connectivity index (χ1n) is 9.41. The van der Waals surface area contributed by atoms with Crippen molar-refractivity contribution in [2.75, 3.05) is 29.0 Å². The number of benzene rings is 2. The molecule has 0 aromatic heterocycles. The Hall–Kier alpha value is -3.41. The van der Waals surface area contributed by atoms with Crippen LogP contribution in [0.4, 0.5) is 35.0 Å². The lowest BCUT2D eigenvalue weighted by Gasteiger charge is -2.45. The zero-order valence-corrected chi connectivity index (χ0v) is 16.6. The number of amides is 2. The van der Waals surface area contributed by atoms with Gasteiger partial charge in [0.25, 0.3) is 0 Å². The first-order chi connectivity index (χ1) is 14.1. The number of nitrogens with zero attached hydrogens (tertiary/aromatic N) is 3. The molecule has 30 heavy (non-hydrogen) atoms. The summed E-state index contributed by atoms with van der Waals surface area (Å²) in [5.74, 6) is 0. The highest BCUT2D eigenvalue weighted by atomic mass is 19.4. The molecule has 0 unspecified atom stereocenters. The van der Waals surface area contributed by atoms with Crippen LogP contribution >= 0.6 is 0 Å². The number of anilines is 3. The lowest BCUT2D eigenvalue weighted by atomic mass is 10.0. The van der Waals surface area contributed by atoms with Crippen LogP contribution < -0.4 is 16.0 Å². The maximum absolute atomic E-state index is 13.3.